The highest BCUT2D eigenvalue weighted by atomic mass is 16.5. The van der Waals surface area contributed by atoms with E-state index in [0.717, 1.165) is 11.3 Å². The SMILES string of the molecule is COc1ccc(C#N)cc1CNCC(C)O. The van der Waals surface area contributed by atoms with E-state index in [-0.39, 0.29) is 6.10 Å². The van der Waals surface area contributed by atoms with E-state index in [4.69, 9.17) is 15.1 Å². The zero-order valence-corrected chi connectivity index (χ0v) is 9.53. The van der Waals surface area contributed by atoms with Crippen LogP contribution in [0.1, 0.15) is 18.1 Å². The molecule has 4 nitrogen and oxygen atoms in total. The number of nitrogens with one attached hydrogen (secondary N) is 1. The van der Waals surface area contributed by atoms with E-state index in [1.165, 1.54) is 0 Å². The lowest BCUT2D eigenvalue weighted by Gasteiger charge is -2.10. The van der Waals surface area contributed by atoms with Gasteiger partial charge in [0.1, 0.15) is 5.75 Å². The second kappa shape index (κ2) is 6.11. The summed E-state index contributed by atoms with van der Waals surface area (Å²) in [6.45, 7) is 2.81. The zero-order valence-electron chi connectivity index (χ0n) is 9.53. The van der Waals surface area contributed by atoms with Crippen LogP contribution in [0.4, 0.5) is 0 Å². The normalized spacial score (nSPS) is 11.9. The molecule has 0 saturated heterocycles. The minimum Gasteiger partial charge on any atom is -0.496 e. The fourth-order valence-electron chi connectivity index (χ4n) is 1.40. The Morgan fingerprint density at radius 3 is 2.88 bits per heavy atom. The number of methoxy groups -OCH3 is 1. The third kappa shape index (κ3) is 3.54. The summed E-state index contributed by atoms with van der Waals surface area (Å²) in [4.78, 5) is 0. The summed E-state index contributed by atoms with van der Waals surface area (Å²) in [5.74, 6) is 0.747. The second-order valence-electron chi connectivity index (χ2n) is 3.62. The fraction of sp³-hybridized carbons (Fsp3) is 0.417. The number of benzene rings is 1. The smallest absolute Gasteiger partial charge is 0.123 e. The number of hydrogen-bond acceptors (Lipinski definition) is 4. The van der Waals surface area contributed by atoms with Gasteiger partial charge in [-0.15, -0.1) is 0 Å². The fourth-order valence-corrected chi connectivity index (χ4v) is 1.40. The summed E-state index contributed by atoms with van der Waals surface area (Å²) in [5.41, 5.74) is 1.52. The molecule has 0 bridgehead atoms. The van der Waals surface area contributed by atoms with E-state index in [0.29, 0.717) is 18.7 Å². The standard InChI is InChI=1S/C12H16N2O2/c1-9(15)7-14-8-11-5-10(6-13)3-4-12(11)16-2/h3-5,9,14-15H,7-8H2,1-2H3. The predicted molar refractivity (Wildman–Crippen MR) is 61.1 cm³/mol. The molecule has 0 fully saturated rings. The Bertz CT molecular complexity index is 383. The highest BCUT2D eigenvalue weighted by Gasteiger charge is 2.04. The molecule has 0 radical (unpaired) electrons. The third-order valence-electron chi connectivity index (χ3n) is 2.16. The van der Waals surface area contributed by atoms with Crippen LogP contribution in [0, 0.1) is 11.3 Å². The Morgan fingerprint density at radius 1 is 1.56 bits per heavy atom. The number of hydrogen-bond donors (Lipinski definition) is 2. The molecular formula is C12H16N2O2. The third-order valence-corrected chi connectivity index (χ3v) is 2.16. The van der Waals surface area contributed by atoms with Crippen LogP contribution in [0.5, 0.6) is 5.75 Å². The van der Waals surface area contributed by atoms with E-state index in [9.17, 15) is 0 Å². The highest BCUT2D eigenvalue weighted by molar-refractivity contribution is 5.41. The first-order valence-corrected chi connectivity index (χ1v) is 5.13. The second-order valence-corrected chi connectivity index (χ2v) is 3.62. The summed E-state index contributed by atoms with van der Waals surface area (Å²) < 4.78 is 5.19. The first kappa shape index (κ1) is 12.5. The quantitative estimate of drug-likeness (QED) is 0.778. The van der Waals surface area contributed by atoms with Crippen LogP contribution in [-0.2, 0) is 6.54 Å². The minimum atomic E-state index is -0.384. The molecule has 2 N–H and O–H groups in total. The molecule has 16 heavy (non-hydrogen) atoms. The van der Waals surface area contributed by atoms with Gasteiger partial charge >= 0.3 is 0 Å². The number of rotatable bonds is 5. The van der Waals surface area contributed by atoms with Crippen LogP contribution in [0.25, 0.3) is 0 Å². The van der Waals surface area contributed by atoms with Gasteiger partial charge in [0.05, 0.1) is 24.8 Å². The molecule has 0 aliphatic carbocycles. The van der Waals surface area contributed by atoms with Crippen LogP contribution in [0.3, 0.4) is 0 Å². The number of aliphatic hydroxyl groups excluding tert-OH is 1. The maximum atomic E-state index is 9.11. The van der Waals surface area contributed by atoms with Crippen molar-refractivity contribution in [1.29, 1.82) is 5.26 Å². The Balaban J connectivity index is 2.72. The van der Waals surface area contributed by atoms with Gasteiger partial charge in [-0.1, -0.05) is 0 Å². The molecule has 86 valence electrons. The molecule has 0 heterocycles. The van der Waals surface area contributed by atoms with E-state index >= 15 is 0 Å². The Labute approximate surface area is 95.5 Å². The van der Waals surface area contributed by atoms with Crippen molar-refractivity contribution in [1.82, 2.24) is 5.32 Å². The van der Waals surface area contributed by atoms with Crippen molar-refractivity contribution < 1.29 is 9.84 Å². The summed E-state index contributed by atoms with van der Waals surface area (Å²) in [5, 5.41) is 21.0. The Hall–Kier alpha value is -1.57. The van der Waals surface area contributed by atoms with Crippen molar-refractivity contribution in [2.75, 3.05) is 13.7 Å². The zero-order chi connectivity index (χ0) is 12.0. The van der Waals surface area contributed by atoms with Gasteiger partial charge in [-0.25, -0.2) is 0 Å². The molecule has 0 spiro atoms. The summed E-state index contributed by atoms with van der Waals surface area (Å²) in [6.07, 6.45) is -0.384. The average molecular weight is 220 g/mol. The average Bonchev–Trinajstić information content (AvgIpc) is 2.28. The number of aliphatic hydroxyl groups is 1. The lowest BCUT2D eigenvalue weighted by Crippen LogP contribution is -2.24. The summed E-state index contributed by atoms with van der Waals surface area (Å²) in [6, 6.07) is 7.37. The molecule has 4 heteroatoms. The minimum absolute atomic E-state index is 0.384. The molecule has 1 atom stereocenters. The maximum Gasteiger partial charge on any atom is 0.123 e. The Morgan fingerprint density at radius 2 is 2.31 bits per heavy atom. The van der Waals surface area contributed by atoms with Gasteiger partial charge < -0.3 is 15.2 Å². The monoisotopic (exact) mass is 220 g/mol. The lowest BCUT2D eigenvalue weighted by atomic mass is 10.1. The summed E-state index contributed by atoms with van der Waals surface area (Å²) in [7, 11) is 1.60. The number of nitriles is 1. The summed E-state index contributed by atoms with van der Waals surface area (Å²) >= 11 is 0. The first-order valence-electron chi connectivity index (χ1n) is 5.13. The van der Waals surface area contributed by atoms with E-state index in [1.807, 2.05) is 0 Å². The number of nitrogens with zero attached hydrogens (tertiary/aromatic N) is 1. The van der Waals surface area contributed by atoms with Crippen LogP contribution in [-0.4, -0.2) is 24.9 Å². The van der Waals surface area contributed by atoms with Crippen LogP contribution < -0.4 is 10.1 Å². The van der Waals surface area contributed by atoms with Gasteiger partial charge in [-0.2, -0.15) is 5.26 Å². The number of ether oxygens (including phenoxy) is 1. The molecule has 1 aromatic rings. The Kier molecular flexibility index (Phi) is 4.77. The molecule has 0 amide bonds. The van der Waals surface area contributed by atoms with Crippen LogP contribution >= 0.6 is 0 Å². The largest absolute Gasteiger partial charge is 0.496 e. The van der Waals surface area contributed by atoms with Gasteiger partial charge in [-0.05, 0) is 25.1 Å². The molecule has 0 saturated carbocycles. The van der Waals surface area contributed by atoms with Crippen molar-refractivity contribution in [2.24, 2.45) is 0 Å². The predicted octanol–water partition coefficient (Wildman–Crippen LogP) is 1.04. The van der Waals surface area contributed by atoms with E-state index in [2.05, 4.69) is 11.4 Å². The van der Waals surface area contributed by atoms with E-state index < -0.39 is 0 Å². The molecule has 0 aromatic heterocycles. The lowest BCUT2D eigenvalue weighted by molar-refractivity contribution is 0.191. The molecular weight excluding hydrogens is 204 g/mol. The maximum absolute atomic E-state index is 9.11. The topological polar surface area (TPSA) is 65.3 Å². The molecule has 0 aliphatic heterocycles. The molecule has 0 aliphatic rings. The van der Waals surface area contributed by atoms with Gasteiger partial charge in [0.2, 0.25) is 0 Å². The van der Waals surface area contributed by atoms with Gasteiger partial charge in [0.25, 0.3) is 0 Å². The molecule has 1 unspecified atom stereocenters. The van der Waals surface area contributed by atoms with Gasteiger partial charge in [0, 0.05) is 18.7 Å². The van der Waals surface area contributed by atoms with Crippen molar-refractivity contribution in [3.63, 3.8) is 0 Å². The van der Waals surface area contributed by atoms with Crippen molar-refractivity contribution in [3.8, 4) is 11.8 Å². The van der Waals surface area contributed by atoms with Crippen LogP contribution in [0.15, 0.2) is 18.2 Å². The van der Waals surface area contributed by atoms with Crippen LogP contribution in [0.2, 0.25) is 0 Å². The highest BCUT2D eigenvalue weighted by Crippen LogP contribution is 2.19. The van der Waals surface area contributed by atoms with Crippen molar-refractivity contribution >= 4 is 0 Å². The molecule has 1 aromatic carbocycles. The van der Waals surface area contributed by atoms with Crippen molar-refractivity contribution in [3.05, 3.63) is 29.3 Å². The van der Waals surface area contributed by atoms with E-state index in [1.54, 1.807) is 32.2 Å². The van der Waals surface area contributed by atoms with Crippen molar-refractivity contribution in [2.45, 2.75) is 19.6 Å². The van der Waals surface area contributed by atoms with Gasteiger partial charge in [-0.3, -0.25) is 0 Å². The molecule has 1 rings (SSSR count). The first-order chi connectivity index (χ1) is 7.67. The van der Waals surface area contributed by atoms with Gasteiger partial charge in [0.15, 0.2) is 0 Å².